The van der Waals surface area contributed by atoms with Crippen LogP contribution >= 0.6 is 15.9 Å². The molecule has 1 aliphatic carbocycles. The Labute approximate surface area is 92.0 Å². The molecule has 2 rings (SSSR count). The molecule has 78 valence electrons. The minimum Gasteiger partial charge on any atom is -0.322 e. The van der Waals surface area contributed by atoms with E-state index in [1.807, 2.05) is 7.05 Å². The van der Waals surface area contributed by atoms with Crippen LogP contribution in [0, 0.1) is 11.3 Å². The second-order valence-corrected chi connectivity index (χ2v) is 5.47. The lowest BCUT2D eigenvalue weighted by molar-refractivity contribution is 0.468. The van der Waals surface area contributed by atoms with Crippen molar-refractivity contribution in [2.24, 2.45) is 24.1 Å². The largest absolute Gasteiger partial charge is 0.322 e. The van der Waals surface area contributed by atoms with Gasteiger partial charge in [0.15, 0.2) is 4.60 Å². The molecule has 0 aliphatic heterocycles. The van der Waals surface area contributed by atoms with Crippen LogP contribution in [0.1, 0.15) is 32.0 Å². The molecule has 0 saturated heterocycles. The lowest BCUT2D eigenvalue weighted by atomic mass is 10.0. The number of nitrogens with zero attached hydrogens (tertiary/aromatic N) is 3. The van der Waals surface area contributed by atoms with Gasteiger partial charge in [-0.3, -0.25) is 0 Å². The van der Waals surface area contributed by atoms with E-state index >= 15 is 0 Å². The van der Waals surface area contributed by atoms with Gasteiger partial charge < -0.3 is 5.73 Å². The van der Waals surface area contributed by atoms with Crippen molar-refractivity contribution in [3.05, 3.63) is 10.3 Å². The van der Waals surface area contributed by atoms with Crippen LogP contribution in [0.4, 0.5) is 0 Å². The fraction of sp³-hybridized carbons (Fsp3) is 0.778. The van der Waals surface area contributed by atoms with E-state index in [0.717, 1.165) is 10.3 Å². The molecule has 1 fully saturated rings. The number of aromatic nitrogens is 3. The first-order valence-corrected chi connectivity index (χ1v) is 5.53. The van der Waals surface area contributed by atoms with Crippen LogP contribution in [0.2, 0.25) is 0 Å². The van der Waals surface area contributed by atoms with E-state index in [-0.39, 0.29) is 6.04 Å². The highest BCUT2D eigenvalue weighted by molar-refractivity contribution is 9.10. The number of halogens is 1. The average Bonchev–Trinajstić information content (AvgIpc) is 2.59. The summed E-state index contributed by atoms with van der Waals surface area (Å²) in [5.41, 5.74) is 7.57. The zero-order valence-electron chi connectivity index (χ0n) is 8.66. The van der Waals surface area contributed by atoms with E-state index in [2.05, 4.69) is 40.1 Å². The molecule has 0 radical (unpaired) electrons. The van der Waals surface area contributed by atoms with Gasteiger partial charge in [-0.1, -0.05) is 19.1 Å². The second-order valence-electron chi connectivity index (χ2n) is 4.71. The van der Waals surface area contributed by atoms with Gasteiger partial charge in [0.2, 0.25) is 0 Å². The molecule has 2 atom stereocenters. The summed E-state index contributed by atoms with van der Waals surface area (Å²) in [6.45, 7) is 4.49. The number of nitrogens with two attached hydrogens (primary N) is 1. The van der Waals surface area contributed by atoms with Crippen molar-refractivity contribution in [2.45, 2.75) is 26.3 Å². The molecular weight excluding hydrogens is 244 g/mol. The summed E-state index contributed by atoms with van der Waals surface area (Å²) >= 11 is 3.38. The Morgan fingerprint density at radius 1 is 1.64 bits per heavy atom. The Morgan fingerprint density at radius 3 is 2.57 bits per heavy atom. The highest BCUT2D eigenvalue weighted by atomic mass is 79.9. The molecule has 1 aromatic rings. The van der Waals surface area contributed by atoms with Crippen molar-refractivity contribution < 1.29 is 0 Å². The number of hydrogen-bond acceptors (Lipinski definition) is 3. The minimum atomic E-state index is 0.0411. The van der Waals surface area contributed by atoms with Gasteiger partial charge in [-0.25, -0.2) is 4.68 Å². The van der Waals surface area contributed by atoms with Gasteiger partial charge in [0.1, 0.15) is 0 Å². The maximum atomic E-state index is 6.19. The summed E-state index contributed by atoms with van der Waals surface area (Å²) in [5.74, 6) is 0.552. The monoisotopic (exact) mass is 258 g/mol. The van der Waals surface area contributed by atoms with Gasteiger partial charge in [-0.05, 0) is 33.7 Å². The maximum absolute atomic E-state index is 6.19. The van der Waals surface area contributed by atoms with Crippen LogP contribution in [-0.2, 0) is 7.05 Å². The molecule has 0 aromatic carbocycles. The van der Waals surface area contributed by atoms with Crippen LogP contribution in [0.3, 0.4) is 0 Å². The third kappa shape index (κ3) is 1.48. The molecule has 2 N–H and O–H groups in total. The van der Waals surface area contributed by atoms with Crippen LogP contribution in [-0.4, -0.2) is 15.0 Å². The van der Waals surface area contributed by atoms with Crippen molar-refractivity contribution in [3.8, 4) is 0 Å². The fourth-order valence-electron chi connectivity index (χ4n) is 2.00. The van der Waals surface area contributed by atoms with E-state index in [1.165, 1.54) is 6.42 Å². The molecule has 0 bridgehead atoms. The molecule has 5 heteroatoms. The topological polar surface area (TPSA) is 56.7 Å². The van der Waals surface area contributed by atoms with Crippen LogP contribution in [0.25, 0.3) is 0 Å². The standard InChI is InChI=1S/C9H15BrN4/c1-9(2)4-5(9)6(11)7-8(10)12-13-14(7)3/h5-6H,4,11H2,1-3H3. The predicted octanol–water partition coefficient (Wildman–Crippen LogP) is 1.62. The normalized spacial score (nSPS) is 26.2. The van der Waals surface area contributed by atoms with Gasteiger partial charge in [-0.2, -0.15) is 0 Å². The summed E-state index contributed by atoms with van der Waals surface area (Å²) in [5, 5.41) is 7.88. The molecule has 1 aliphatic rings. The van der Waals surface area contributed by atoms with Gasteiger partial charge in [0, 0.05) is 7.05 Å². The SMILES string of the molecule is Cn1nnc(Br)c1C(N)C1CC1(C)C. The predicted molar refractivity (Wildman–Crippen MR) is 57.5 cm³/mol. The number of rotatable bonds is 2. The zero-order chi connectivity index (χ0) is 10.5. The maximum Gasteiger partial charge on any atom is 0.153 e. The highest BCUT2D eigenvalue weighted by Gasteiger charge is 2.50. The molecule has 0 spiro atoms. The lowest BCUT2D eigenvalue weighted by Gasteiger charge is -2.13. The third-order valence-electron chi connectivity index (χ3n) is 3.17. The molecule has 14 heavy (non-hydrogen) atoms. The van der Waals surface area contributed by atoms with Gasteiger partial charge in [-0.15, -0.1) is 5.10 Å². The molecule has 1 heterocycles. The van der Waals surface area contributed by atoms with Crippen LogP contribution < -0.4 is 5.73 Å². The quantitative estimate of drug-likeness (QED) is 0.878. The van der Waals surface area contributed by atoms with Crippen LogP contribution in [0.15, 0.2) is 4.60 Å². The van der Waals surface area contributed by atoms with Crippen LogP contribution in [0.5, 0.6) is 0 Å². The fourth-order valence-corrected chi connectivity index (χ4v) is 2.60. The highest BCUT2D eigenvalue weighted by Crippen LogP contribution is 2.57. The zero-order valence-corrected chi connectivity index (χ0v) is 10.2. The summed E-state index contributed by atoms with van der Waals surface area (Å²) in [7, 11) is 1.88. The minimum absolute atomic E-state index is 0.0411. The van der Waals surface area contributed by atoms with Crippen molar-refractivity contribution in [1.82, 2.24) is 15.0 Å². The third-order valence-corrected chi connectivity index (χ3v) is 3.73. The molecular formula is C9H15BrN4. The molecule has 1 saturated carbocycles. The van der Waals surface area contributed by atoms with Gasteiger partial charge >= 0.3 is 0 Å². The summed E-state index contributed by atoms with van der Waals surface area (Å²) < 4.78 is 2.53. The second kappa shape index (κ2) is 3.03. The van der Waals surface area contributed by atoms with Crippen molar-refractivity contribution in [2.75, 3.05) is 0 Å². The first kappa shape index (κ1) is 10.1. The van der Waals surface area contributed by atoms with E-state index in [4.69, 9.17) is 5.73 Å². The Kier molecular flexibility index (Phi) is 2.19. The van der Waals surface area contributed by atoms with E-state index in [1.54, 1.807) is 4.68 Å². The van der Waals surface area contributed by atoms with Crippen molar-refractivity contribution in [1.29, 1.82) is 0 Å². The summed E-state index contributed by atoms with van der Waals surface area (Å²) in [4.78, 5) is 0. The van der Waals surface area contributed by atoms with Gasteiger partial charge in [0.05, 0.1) is 11.7 Å². The van der Waals surface area contributed by atoms with Crippen molar-refractivity contribution in [3.63, 3.8) is 0 Å². The summed E-state index contributed by atoms with van der Waals surface area (Å²) in [6.07, 6.45) is 1.19. The smallest absolute Gasteiger partial charge is 0.153 e. The molecule has 2 unspecified atom stereocenters. The Hall–Kier alpha value is -0.420. The van der Waals surface area contributed by atoms with E-state index in [9.17, 15) is 0 Å². The van der Waals surface area contributed by atoms with E-state index < -0.39 is 0 Å². The number of aryl methyl sites for hydroxylation is 1. The van der Waals surface area contributed by atoms with Gasteiger partial charge in [0.25, 0.3) is 0 Å². The molecule has 0 amide bonds. The number of hydrogen-bond donors (Lipinski definition) is 1. The Morgan fingerprint density at radius 2 is 2.21 bits per heavy atom. The molecule has 1 aromatic heterocycles. The first-order chi connectivity index (χ1) is 6.43. The Balaban J connectivity index is 2.24. The molecule has 4 nitrogen and oxygen atoms in total. The first-order valence-electron chi connectivity index (χ1n) is 4.74. The Bertz CT molecular complexity index is 338. The lowest BCUT2D eigenvalue weighted by Crippen LogP contribution is -2.19. The summed E-state index contributed by atoms with van der Waals surface area (Å²) in [6, 6.07) is 0.0411. The van der Waals surface area contributed by atoms with Crippen molar-refractivity contribution >= 4 is 15.9 Å². The van der Waals surface area contributed by atoms with E-state index in [0.29, 0.717) is 11.3 Å². The average molecular weight is 259 g/mol.